The molecule has 120 valence electrons. The second kappa shape index (κ2) is 5.62. The summed E-state index contributed by atoms with van der Waals surface area (Å²) in [6, 6.07) is 15.2. The number of carbonyl (C=O) groups excluding carboxylic acids is 1. The van der Waals surface area contributed by atoms with Crippen molar-refractivity contribution in [2.24, 2.45) is 0 Å². The summed E-state index contributed by atoms with van der Waals surface area (Å²) < 4.78 is 0. The van der Waals surface area contributed by atoms with Crippen LogP contribution < -0.4 is 5.32 Å². The maximum atomic E-state index is 12.9. The Morgan fingerprint density at radius 3 is 2.46 bits per heavy atom. The molecule has 0 bridgehead atoms. The molecule has 1 aliphatic rings. The van der Waals surface area contributed by atoms with Crippen LogP contribution in [0.15, 0.2) is 54.6 Å². The average molecular weight is 320 g/mol. The first-order chi connectivity index (χ1) is 11.6. The van der Waals surface area contributed by atoms with Crippen molar-refractivity contribution in [2.75, 3.05) is 0 Å². The van der Waals surface area contributed by atoms with Crippen LogP contribution >= 0.6 is 0 Å². The summed E-state index contributed by atoms with van der Waals surface area (Å²) >= 11 is 0. The van der Waals surface area contributed by atoms with Gasteiger partial charge in [0.05, 0.1) is 0 Å². The van der Waals surface area contributed by atoms with Gasteiger partial charge in [0, 0.05) is 28.6 Å². The quantitative estimate of drug-likeness (QED) is 0.648. The van der Waals surface area contributed by atoms with E-state index in [0.29, 0.717) is 12.0 Å². The number of carbonyl (C=O) groups is 2. The van der Waals surface area contributed by atoms with Gasteiger partial charge in [-0.25, -0.2) is 0 Å². The Bertz CT molecular complexity index is 930. The third kappa shape index (κ3) is 2.30. The summed E-state index contributed by atoms with van der Waals surface area (Å²) in [4.78, 5) is 27.8. The van der Waals surface area contributed by atoms with Gasteiger partial charge in [-0.3, -0.25) is 14.9 Å². The lowest BCUT2D eigenvalue weighted by Gasteiger charge is -2.28. The molecule has 5 nitrogen and oxygen atoms in total. The Hall–Kier alpha value is -2.92. The van der Waals surface area contributed by atoms with E-state index in [9.17, 15) is 14.7 Å². The Morgan fingerprint density at radius 1 is 1.00 bits per heavy atom. The predicted molar refractivity (Wildman–Crippen MR) is 90.1 cm³/mol. The van der Waals surface area contributed by atoms with E-state index in [1.54, 1.807) is 24.3 Å². The highest BCUT2D eigenvalue weighted by atomic mass is 16.4. The highest BCUT2D eigenvalue weighted by Crippen LogP contribution is 2.33. The number of Topliss-reactive ketones (excluding diaryl/α,β-unsaturated/α-hetero) is 1. The van der Waals surface area contributed by atoms with Crippen LogP contribution in [0.4, 0.5) is 0 Å². The monoisotopic (exact) mass is 320 g/mol. The van der Waals surface area contributed by atoms with E-state index in [1.807, 2.05) is 30.3 Å². The molecule has 3 aromatic rings. The number of para-hydroxylation sites is 1. The molecular formula is C19H16N2O3. The zero-order chi connectivity index (χ0) is 16.7. The van der Waals surface area contributed by atoms with E-state index >= 15 is 0 Å². The molecule has 2 heterocycles. The lowest BCUT2D eigenvalue weighted by atomic mass is 9.90. The van der Waals surface area contributed by atoms with Crippen LogP contribution in [-0.2, 0) is 11.2 Å². The second-order valence-electron chi connectivity index (χ2n) is 5.99. The molecule has 0 aliphatic carbocycles. The highest BCUT2D eigenvalue weighted by Gasteiger charge is 2.36. The van der Waals surface area contributed by atoms with Gasteiger partial charge in [-0.2, -0.15) is 0 Å². The lowest BCUT2D eigenvalue weighted by Crippen LogP contribution is -2.47. The Balaban J connectivity index is 1.85. The molecule has 0 amide bonds. The summed E-state index contributed by atoms with van der Waals surface area (Å²) in [5.41, 5.74) is 3.15. The van der Waals surface area contributed by atoms with Crippen molar-refractivity contribution in [3.63, 3.8) is 0 Å². The molecule has 0 spiro atoms. The normalized spacial score (nSPS) is 19.8. The summed E-state index contributed by atoms with van der Waals surface area (Å²) in [5, 5.41) is 13.4. The maximum absolute atomic E-state index is 12.9. The molecule has 0 unspecified atom stereocenters. The van der Waals surface area contributed by atoms with Gasteiger partial charge in [0.1, 0.15) is 12.1 Å². The van der Waals surface area contributed by atoms with Crippen molar-refractivity contribution in [3.8, 4) is 0 Å². The van der Waals surface area contributed by atoms with Crippen LogP contribution in [0, 0.1) is 0 Å². The standard InChI is InChI=1S/C19H16N2O3/c22-18(11-6-2-1-3-7-11)17-16-13(10-15(21-17)19(23)24)12-8-4-5-9-14(12)20-16/h1-9,15,17,20-21H,10H2,(H,23,24)/t15-,17+/m1/s1. The van der Waals surface area contributed by atoms with Crippen LogP contribution in [-0.4, -0.2) is 27.9 Å². The SMILES string of the molecule is O=C(c1ccccc1)[C@H]1N[C@@H](C(=O)O)Cc2c1[nH]c1ccccc21. The van der Waals surface area contributed by atoms with Crippen molar-refractivity contribution >= 4 is 22.7 Å². The van der Waals surface area contributed by atoms with Crippen LogP contribution in [0.2, 0.25) is 0 Å². The van der Waals surface area contributed by atoms with Gasteiger partial charge in [-0.15, -0.1) is 0 Å². The number of aromatic amines is 1. The molecule has 1 aliphatic heterocycles. The number of carboxylic acids is 1. The number of aromatic nitrogens is 1. The number of benzene rings is 2. The van der Waals surface area contributed by atoms with Gasteiger partial charge < -0.3 is 10.1 Å². The first-order valence-electron chi connectivity index (χ1n) is 7.83. The predicted octanol–water partition coefficient (Wildman–Crippen LogP) is 2.69. The van der Waals surface area contributed by atoms with Crippen LogP contribution in [0.3, 0.4) is 0 Å². The number of carboxylic acid groups (broad SMARTS) is 1. The third-order valence-electron chi connectivity index (χ3n) is 4.53. The van der Waals surface area contributed by atoms with E-state index in [4.69, 9.17) is 0 Å². The Morgan fingerprint density at radius 2 is 1.71 bits per heavy atom. The molecule has 5 heteroatoms. The fourth-order valence-corrected chi connectivity index (χ4v) is 3.37. The summed E-state index contributed by atoms with van der Waals surface area (Å²) in [5.74, 6) is -1.08. The molecular weight excluding hydrogens is 304 g/mol. The van der Waals surface area contributed by atoms with Crippen LogP contribution in [0.5, 0.6) is 0 Å². The topological polar surface area (TPSA) is 82.2 Å². The van der Waals surface area contributed by atoms with E-state index < -0.39 is 18.1 Å². The van der Waals surface area contributed by atoms with Gasteiger partial charge in [0.25, 0.3) is 0 Å². The van der Waals surface area contributed by atoms with Crippen LogP contribution in [0.25, 0.3) is 10.9 Å². The average Bonchev–Trinajstić information content (AvgIpc) is 2.99. The van der Waals surface area contributed by atoms with Gasteiger partial charge in [0.15, 0.2) is 5.78 Å². The smallest absolute Gasteiger partial charge is 0.321 e. The molecule has 2 atom stereocenters. The Labute approximate surface area is 138 Å². The number of nitrogens with one attached hydrogen (secondary N) is 2. The van der Waals surface area contributed by atoms with Gasteiger partial charge >= 0.3 is 5.97 Å². The van der Waals surface area contributed by atoms with E-state index in [1.165, 1.54) is 0 Å². The van der Waals surface area contributed by atoms with E-state index in [-0.39, 0.29) is 5.78 Å². The number of hydrogen-bond donors (Lipinski definition) is 3. The molecule has 0 radical (unpaired) electrons. The minimum Gasteiger partial charge on any atom is -0.480 e. The van der Waals surface area contributed by atoms with Crippen molar-refractivity contribution in [2.45, 2.75) is 18.5 Å². The minimum absolute atomic E-state index is 0.130. The number of aliphatic carboxylic acids is 1. The zero-order valence-electron chi connectivity index (χ0n) is 12.8. The van der Waals surface area contributed by atoms with Crippen LogP contribution in [0.1, 0.15) is 27.7 Å². The number of H-pyrrole nitrogens is 1. The summed E-state index contributed by atoms with van der Waals surface area (Å²) in [6.07, 6.45) is 0.354. The molecule has 3 N–H and O–H groups in total. The summed E-state index contributed by atoms with van der Waals surface area (Å²) in [7, 11) is 0. The van der Waals surface area contributed by atoms with Crippen molar-refractivity contribution in [1.82, 2.24) is 10.3 Å². The third-order valence-corrected chi connectivity index (χ3v) is 4.53. The largest absolute Gasteiger partial charge is 0.480 e. The molecule has 24 heavy (non-hydrogen) atoms. The molecule has 2 aromatic carbocycles. The zero-order valence-corrected chi connectivity index (χ0v) is 12.8. The molecule has 4 rings (SSSR count). The first-order valence-corrected chi connectivity index (χ1v) is 7.83. The van der Waals surface area contributed by atoms with Crippen molar-refractivity contribution in [3.05, 3.63) is 71.4 Å². The van der Waals surface area contributed by atoms with Gasteiger partial charge in [-0.05, 0) is 11.6 Å². The summed E-state index contributed by atoms with van der Waals surface area (Å²) in [6.45, 7) is 0. The minimum atomic E-state index is -0.947. The number of fused-ring (bicyclic) bond motifs is 3. The maximum Gasteiger partial charge on any atom is 0.321 e. The van der Waals surface area contributed by atoms with E-state index in [0.717, 1.165) is 22.2 Å². The van der Waals surface area contributed by atoms with Crippen molar-refractivity contribution in [1.29, 1.82) is 0 Å². The highest BCUT2D eigenvalue weighted by molar-refractivity contribution is 6.02. The van der Waals surface area contributed by atoms with Crippen molar-refractivity contribution < 1.29 is 14.7 Å². The lowest BCUT2D eigenvalue weighted by molar-refractivity contribution is -0.139. The molecule has 1 aromatic heterocycles. The fourth-order valence-electron chi connectivity index (χ4n) is 3.37. The number of hydrogen-bond acceptors (Lipinski definition) is 3. The van der Waals surface area contributed by atoms with Gasteiger partial charge in [0.2, 0.25) is 0 Å². The molecule has 0 fully saturated rings. The van der Waals surface area contributed by atoms with Gasteiger partial charge in [-0.1, -0.05) is 48.5 Å². The molecule has 0 saturated carbocycles. The molecule has 0 saturated heterocycles. The fraction of sp³-hybridized carbons (Fsp3) is 0.158. The van der Waals surface area contributed by atoms with E-state index in [2.05, 4.69) is 10.3 Å². The Kier molecular flexibility index (Phi) is 3.43. The first kappa shape index (κ1) is 14.7. The second-order valence-corrected chi connectivity index (χ2v) is 5.99. The number of ketones is 1. The number of rotatable bonds is 3.